The molecule has 94 valence electrons. The highest BCUT2D eigenvalue weighted by atomic mass is 35.5. The van der Waals surface area contributed by atoms with Gasteiger partial charge in [0.1, 0.15) is 0 Å². The summed E-state index contributed by atoms with van der Waals surface area (Å²) in [6, 6.07) is 11.3. The van der Waals surface area contributed by atoms with E-state index < -0.39 is 0 Å². The van der Waals surface area contributed by atoms with E-state index in [-0.39, 0.29) is 0 Å². The summed E-state index contributed by atoms with van der Waals surface area (Å²) in [5.74, 6) is 0. The van der Waals surface area contributed by atoms with Gasteiger partial charge in [-0.1, -0.05) is 35.9 Å². The number of thiophene rings is 1. The Kier molecular flexibility index (Phi) is 3.69. The number of hydrogen-bond acceptors (Lipinski definition) is 2. The summed E-state index contributed by atoms with van der Waals surface area (Å²) < 4.78 is 0. The van der Waals surface area contributed by atoms with Crippen LogP contribution in [0.2, 0.25) is 5.02 Å². The van der Waals surface area contributed by atoms with E-state index in [0.29, 0.717) is 6.04 Å². The molecule has 1 atom stereocenters. The smallest absolute Gasteiger partial charge is 0.0516 e. The summed E-state index contributed by atoms with van der Waals surface area (Å²) in [7, 11) is 0. The summed E-state index contributed by atoms with van der Waals surface area (Å²) in [4.78, 5) is 1.31. The first-order chi connectivity index (χ1) is 8.83. The molecule has 3 heteroatoms. The lowest BCUT2D eigenvalue weighted by Crippen LogP contribution is -2.24. The summed E-state index contributed by atoms with van der Waals surface area (Å²) in [5.41, 5.74) is 2.98. The molecule has 18 heavy (non-hydrogen) atoms. The van der Waals surface area contributed by atoms with Crippen molar-refractivity contribution in [2.45, 2.75) is 31.8 Å². The second-order valence-electron chi connectivity index (χ2n) is 4.76. The largest absolute Gasteiger partial charge is 0.305 e. The summed E-state index contributed by atoms with van der Waals surface area (Å²) in [6.07, 6.45) is 3.73. The molecule has 1 aromatic carbocycles. The monoisotopic (exact) mass is 277 g/mol. The molecule has 1 aliphatic rings. The number of hydrogen-bond donors (Lipinski definition) is 1. The van der Waals surface area contributed by atoms with Crippen molar-refractivity contribution >= 4 is 22.9 Å². The minimum atomic E-state index is 0.496. The molecule has 0 amide bonds. The molecule has 0 saturated heterocycles. The van der Waals surface area contributed by atoms with E-state index in [1.807, 2.05) is 11.4 Å². The molecular formula is C15H16ClNS. The van der Waals surface area contributed by atoms with Crippen molar-refractivity contribution in [3.63, 3.8) is 0 Å². The van der Waals surface area contributed by atoms with Gasteiger partial charge in [0.15, 0.2) is 0 Å². The molecule has 0 radical (unpaired) electrons. The molecular weight excluding hydrogens is 262 g/mol. The van der Waals surface area contributed by atoms with Crippen LogP contribution in [0, 0.1) is 0 Å². The maximum Gasteiger partial charge on any atom is 0.0516 e. The summed E-state index contributed by atoms with van der Waals surface area (Å²) in [5, 5.41) is 6.50. The Hall–Kier alpha value is -0.830. The Bertz CT molecular complexity index is 535. The third kappa shape index (κ3) is 2.61. The van der Waals surface area contributed by atoms with Crippen molar-refractivity contribution in [3.8, 4) is 0 Å². The highest BCUT2D eigenvalue weighted by molar-refractivity contribution is 7.10. The molecule has 1 aliphatic carbocycles. The molecule has 1 unspecified atom stereocenters. The zero-order valence-corrected chi connectivity index (χ0v) is 11.7. The first-order valence-corrected chi connectivity index (χ1v) is 7.63. The first-order valence-electron chi connectivity index (χ1n) is 6.37. The van der Waals surface area contributed by atoms with E-state index in [0.717, 1.165) is 11.6 Å². The maximum absolute atomic E-state index is 5.95. The van der Waals surface area contributed by atoms with Gasteiger partial charge < -0.3 is 5.32 Å². The number of nitrogens with one attached hydrogen (secondary N) is 1. The molecule has 1 N–H and O–H groups in total. The maximum atomic E-state index is 5.95. The molecule has 0 fully saturated rings. The number of halogens is 1. The molecule has 0 bridgehead atoms. The van der Waals surface area contributed by atoms with Gasteiger partial charge in [0.25, 0.3) is 0 Å². The van der Waals surface area contributed by atoms with E-state index in [1.54, 1.807) is 11.3 Å². The molecule has 0 aliphatic heterocycles. The summed E-state index contributed by atoms with van der Waals surface area (Å²) >= 11 is 7.67. The minimum Gasteiger partial charge on any atom is -0.305 e. The van der Waals surface area contributed by atoms with Crippen molar-refractivity contribution in [1.82, 2.24) is 5.32 Å². The Morgan fingerprint density at radius 3 is 3.06 bits per heavy atom. The van der Waals surface area contributed by atoms with Gasteiger partial charge in [-0.05, 0) is 36.5 Å². The van der Waals surface area contributed by atoms with Crippen molar-refractivity contribution in [2.24, 2.45) is 0 Å². The average Bonchev–Trinajstić information content (AvgIpc) is 2.82. The van der Waals surface area contributed by atoms with Crippen molar-refractivity contribution in [2.75, 3.05) is 0 Å². The second kappa shape index (κ2) is 5.43. The molecule has 0 spiro atoms. The lowest BCUT2D eigenvalue weighted by atomic mass is 9.88. The zero-order chi connectivity index (χ0) is 12.4. The zero-order valence-electron chi connectivity index (χ0n) is 10.2. The lowest BCUT2D eigenvalue weighted by molar-refractivity contribution is 0.461. The van der Waals surface area contributed by atoms with Gasteiger partial charge in [-0.3, -0.25) is 0 Å². The van der Waals surface area contributed by atoms with Crippen LogP contribution in [-0.4, -0.2) is 0 Å². The fraction of sp³-hybridized carbons (Fsp3) is 0.333. The van der Waals surface area contributed by atoms with Crippen LogP contribution in [0.15, 0.2) is 35.7 Å². The number of fused-ring (bicyclic) bond motifs is 1. The van der Waals surface area contributed by atoms with Gasteiger partial charge in [-0.25, -0.2) is 0 Å². The standard InChI is InChI=1S/C15H16ClNS/c16-12-8-13(18-10-12)9-17-15-7-3-5-11-4-1-2-6-14(11)15/h1-2,4,6,8,10,15,17H,3,5,7,9H2. The topological polar surface area (TPSA) is 12.0 Å². The van der Waals surface area contributed by atoms with Crippen LogP contribution in [0.1, 0.15) is 34.9 Å². The number of benzene rings is 1. The van der Waals surface area contributed by atoms with Crippen LogP contribution in [0.5, 0.6) is 0 Å². The lowest BCUT2D eigenvalue weighted by Gasteiger charge is -2.26. The van der Waals surface area contributed by atoms with Crippen LogP contribution < -0.4 is 5.32 Å². The van der Waals surface area contributed by atoms with E-state index in [9.17, 15) is 0 Å². The average molecular weight is 278 g/mol. The van der Waals surface area contributed by atoms with Crippen molar-refractivity contribution in [1.29, 1.82) is 0 Å². The van der Waals surface area contributed by atoms with Gasteiger partial charge in [0, 0.05) is 22.8 Å². The molecule has 0 saturated carbocycles. The van der Waals surface area contributed by atoms with Crippen LogP contribution in [0.3, 0.4) is 0 Å². The van der Waals surface area contributed by atoms with Crippen LogP contribution in [-0.2, 0) is 13.0 Å². The van der Waals surface area contributed by atoms with Gasteiger partial charge in [0.05, 0.1) is 5.02 Å². The number of rotatable bonds is 3. The third-order valence-electron chi connectivity index (χ3n) is 3.51. The quantitative estimate of drug-likeness (QED) is 0.867. The highest BCUT2D eigenvalue weighted by Gasteiger charge is 2.18. The Labute approximate surface area is 117 Å². The van der Waals surface area contributed by atoms with Crippen molar-refractivity contribution in [3.05, 3.63) is 56.7 Å². The molecule has 3 rings (SSSR count). The summed E-state index contributed by atoms with van der Waals surface area (Å²) in [6.45, 7) is 0.913. The van der Waals surface area contributed by atoms with E-state index >= 15 is 0 Å². The fourth-order valence-corrected chi connectivity index (χ4v) is 3.66. The van der Waals surface area contributed by atoms with E-state index in [2.05, 4.69) is 29.6 Å². The van der Waals surface area contributed by atoms with Crippen LogP contribution >= 0.6 is 22.9 Å². The van der Waals surface area contributed by atoms with Gasteiger partial charge in [0.2, 0.25) is 0 Å². The van der Waals surface area contributed by atoms with E-state index in [1.165, 1.54) is 35.3 Å². The predicted octanol–water partition coefficient (Wildman–Crippen LogP) is 4.57. The predicted molar refractivity (Wildman–Crippen MR) is 78.3 cm³/mol. The normalized spacial score (nSPS) is 18.6. The van der Waals surface area contributed by atoms with E-state index in [4.69, 9.17) is 11.6 Å². The third-order valence-corrected chi connectivity index (χ3v) is 4.80. The SMILES string of the molecule is Clc1csc(CNC2CCCc3ccccc32)c1. The van der Waals surface area contributed by atoms with Gasteiger partial charge >= 0.3 is 0 Å². The molecule has 1 nitrogen and oxygen atoms in total. The van der Waals surface area contributed by atoms with Crippen LogP contribution in [0.4, 0.5) is 0 Å². The number of aryl methyl sites for hydroxylation is 1. The first kappa shape index (κ1) is 12.2. The van der Waals surface area contributed by atoms with Crippen molar-refractivity contribution < 1.29 is 0 Å². The Balaban J connectivity index is 1.71. The molecule has 1 aromatic heterocycles. The Morgan fingerprint density at radius 2 is 2.22 bits per heavy atom. The van der Waals surface area contributed by atoms with Gasteiger partial charge in [-0.15, -0.1) is 11.3 Å². The highest BCUT2D eigenvalue weighted by Crippen LogP contribution is 2.30. The van der Waals surface area contributed by atoms with Gasteiger partial charge in [-0.2, -0.15) is 0 Å². The minimum absolute atomic E-state index is 0.496. The molecule has 1 heterocycles. The molecule has 2 aromatic rings. The fourth-order valence-electron chi connectivity index (χ4n) is 2.64. The Morgan fingerprint density at radius 1 is 1.33 bits per heavy atom. The van der Waals surface area contributed by atoms with Crippen LogP contribution in [0.25, 0.3) is 0 Å². The second-order valence-corrected chi connectivity index (χ2v) is 6.19.